The minimum absolute atomic E-state index is 0.0166. The van der Waals surface area contributed by atoms with Crippen molar-refractivity contribution in [3.8, 4) is 0 Å². The number of nitro benzene ring substituents is 1. The number of nitrogens with zero attached hydrogens (tertiary/aromatic N) is 1. The van der Waals surface area contributed by atoms with E-state index in [1.807, 2.05) is 24.3 Å². The van der Waals surface area contributed by atoms with Crippen LogP contribution in [-0.2, 0) is 11.2 Å². The van der Waals surface area contributed by atoms with E-state index in [1.54, 1.807) is 12.1 Å². The van der Waals surface area contributed by atoms with Gasteiger partial charge >= 0.3 is 0 Å². The van der Waals surface area contributed by atoms with Crippen LogP contribution in [0.4, 0.5) is 11.4 Å². The lowest BCUT2D eigenvalue weighted by Gasteiger charge is -2.09. The molecule has 6 heteroatoms. The number of amides is 1. The van der Waals surface area contributed by atoms with E-state index in [-0.39, 0.29) is 23.6 Å². The number of non-ortho nitro benzene ring substituents is 1. The average molecular weight is 339 g/mol. The summed E-state index contributed by atoms with van der Waals surface area (Å²) in [5.41, 5.74) is 8.86. The fourth-order valence-electron chi connectivity index (χ4n) is 3.09. The predicted molar refractivity (Wildman–Crippen MR) is 96.4 cm³/mol. The SMILES string of the molecule is CC[C@@]1(N)C[C@H]1c1ccc(NC(=O)Cc2ccc([N+](=O)[O-])cc2)cc1. The molecular formula is C19H21N3O3. The Balaban J connectivity index is 1.57. The van der Waals surface area contributed by atoms with Gasteiger partial charge in [0.15, 0.2) is 0 Å². The lowest BCUT2D eigenvalue weighted by Crippen LogP contribution is -2.22. The van der Waals surface area contributed by atoms with E-state index in [1.165, 1.54) is 17.7 Å². The first kappa shape index (κ1) is 17.1. The van der Waals surface area contributed by atoms with E-state index in [2.05, 4.69) is 12.2 Å². The molecule has 3 N–H and O–H groups in total. The van der Waals surface area contributed by atoms with Crippen LogP contribution in [0.25, 0.3) is 0 Å². The molecule has 0 heterocycles. The maximum absolute atomic E-state index is 12.1. The first-order valence-electron chi connectivity index (χ1n) is 8.33. The molecule has 6 nitrogen and oxygen atoms in total. The Labute approximate surface area is 146 Å². The normalized spacial score (nSPS) is 21.6. The summed E-state index contributed by atoms with van der Waals surface area (Å²) in [7, 11) is 0. The van der Waals surface area contributed by atoms with Gasteiger partial charge in [0.25, 0.3) is 5.69 Å². The summed E-state index contributed by atoms with van der Waals surface area (Å²) in [5.74, 6) is 0.247. The molecule has 25 heavy (non-hydrogen) atoms. The summed E-state index contributed by atoms with van der Waals surface area (Å²) < 4.78 is 0. The molecule has 1 fully saturated rings. The molecular weight excluding hydrogens is 318 g/mol. The van der Waals surface area contributed by atoms with Crippen molar-refractivity contribution in [1.29, 1.82) is 0 Å². The Bertz CT molecular complexity index is 787. The smallest absolute Gasteiger partial charge is 0.269 e. The van der Waals surface area contributed by atoms with Crippen molar-refractivity contribution in [3.05, 3.63) is 69.8 Å². The highest BCUT2D eigenvalue weighted by Gasteiger charge is 2.49. The highest BCUT2D eigenvalue weighted by atomic mass is 16.6. The third-order valence-corrected chi connectivity index (χ3v) is 4.88. The Hall–Kier alpha value is -2.73. The van der Waals surface area contributed by atoms with E-state index in [4.69, 9.17) is 5.73 Å². The minimum Gasteiger partial charge on any atom is -0.326 e. The van der Waals surface area contributed by atoms with Crippen LogP contribution >= 0.6 is 0 Å². The Kier molecular flexibility index (Phi) is 4.55. The van der Waals surface area contributed by atoms with Gasteiger partial charge in [0.2, 0.25) is 5.91 Å². The number of rotatable bonds is 6. The van der Waals surface area contributed by atoms with Gasteiger partial charge in [0.05, 0.1) is 11.3 Å². The number of anilines is 1. The maximum atomic E-state index is 12.1. The predicted octanol–water partition coefficient (Wildman–Crippen LogP) is 3.37. The van der Waals surface area contributed by atoms with Crippen molar-refractivity contribution < 1.29 is 9.72 Å². The van der Waals surface area contributed by atoms with Crippen LogP contribution in [0.2, 0.25) is 0 Å². The summed E-state index contributed by atoms with van der Waals surface area (Å²) in [5, 5.41) is 13.5. The monoisotopic (exact) mass is 339 g/mol. The number of carbonyl (C=O) groups is 1. The quantitative estimate of drug-likeness (QED) is 0.622. The molecule has 0 radical (unpaired) electrons. The summed E-state index contributed by atoms with van der Waals surface area (Å²) in [6.45, 7) is 2.10. The van der Waals surface area contributed by atoms with Gasteiger partial charge in [-0.25, -0.2) is 0 Å². The first-order valence-corrected chi connectivity index (χ1v) is 8.33. The second-order valence-electron chi connectivity index (χ2n) is 6.61. The second-order valence-corrected chi connectivity index (χ2v) is 6.61. The molecule has 3 rings (SSSR count). The van der Waals surface area contributed by atoms with Crippen LogP contribution in [0.3, 0.4) is 0 Å². The van der Waals surface area contributed by atoms with E-state index in [0.717, 1.165) is 24.1 Å². The molecule has 1 saturated carbocycles. The van der Waals surface area contributed by atoms with Gasteiger partial charge in [0.1, 0.15) is 0 Å². The van der Waals surface area contributed by atoms with Crippen LogP contribution in [0, 0.1) is 10.1 Å². The van der Waals surface area contributed by atoms with Crippen LogP contribution in [-0.4, -0.2) is 16.4 Å². The fourth-order valence-corrected chi connectivity index (χ4v) is 3.09. The topological polar surface area (TPSA) is 98.3 Å². The van der Waals surface area contributed by atoms with Gasteiger partial charge in [-0.1, -0.05) is 31.2 Å². The molecule has 0 saturated heterocycles. The second kappa shape index (κ2) is 6.64. The van der Waals surface area contributed by atoms with Crippen molar-refractivity contribution in [2.45, 2.75) is 37.6 Å². The van der Waals surface area contributed by atoms with Gasteiger partial charge in [-0.3, -0.25) is 14.9 Å². The molecule has 2 aromatic carbocycles. The number of nitrogens with two attached hydrogens (primary N) is 1. The zero-order valence-corrected chi connectivity index (χ0v) is 14.1. The third-order valence-electron chi connectivity index (χ3n) is 4.88. The molecule has 0 aliphatic heterocycles. The number of nitrogens with one attached hydrogen (secondary N) is 1. The highest BCUT2D eigenvalue weighted by molar-refractivity contribution is 5.92. The third kappa shape index (κ3) is 3.85. The molecule has 0 aromatic heterocycles. The zero-order chi connectivity index (χ0) is 18.0. The fraction of sp³-hybridized carbons (Fsp3) is 0.316. The van der Waals surface area contributed by atoms with E-state index >= 15 is 0 Å². The summed E-state index contributed by atoms with van der Waals surface area (Å²) in [6, 6.07) is 13.8. The van der Waals surface area contributed by atoms with Crippen molar-refractivity contribution in [2.75, 3.05) is 5.32 Å². The van der Waals surface area contributed by atoms with E-state index < -0.39 is 4.92 Å². The van der Waals surface area contributed by atoms with Crippen molar-refractivity contribution in [2.24, 2.45) is 5.73 Å². The Morgan fingerprint density at radius 3 is 2.40 bits per heavy atom. The van der Waals surface area contributed by atoms with E-state index in [9.17, 15) is 14.9 Å². The van der Waals surface area contributed by atoms with Gasteiger partial charge in [0, 0.05) is 29.3 Å². The van der Waals surface area contributed by atoms with E-state index in [0.29, 0.717) is 5.92 Å². The molecule has 1 aliphatic carbocycles. The van der Waals surface area contributed by atoms with Crippen molar-refractivity contribution in [1.82, 2.24) is 0 Å². The maximum Gasteiger partial charge on any atom is 0.269 e. The number of hydrogen-bond acceptors (Lipinski definition) is 4. The highest BCUT2D eigenvalue weighted by Crippen LogP contribution is 2.51. The Morgan fingerprint density at radius 2 is 1.88 bits per heavy atom. The average Bonchev–Trinajstić information content (AvgIpc) is 3.28. The molecule has 0 spiro atoms. The molecule has 2 aromatic rings. The zero-order valence-electron chi connectivity index (χ0n) is 14.1. The molecule has 0 bridgehead atoms. The standard InChI is InChI=1S/C19H21N3O3/c1-2-19(20)12-17(19)14-5-7-15(8-6-14)21-18(23)11-13-3-9-16(10-4-13)22(24)25/h3-10,17H,2,11-12,20H2,1H3,(H,21,23)/t17-,19+/m0/s1. The number of carbonyl (C=O) groups excluding carboxylic acids is 1. The summed E-state index contributed by atoms with van der Waals surface area (Å²) in [6.07, 6.45) is 2.14. The van der Waals surface area contributed by atoms with Crippen LogP contribution in [0.1, 0.15) is 36.8 Å². The molecule has 0 unspecified atom stereocenters. The number of nitro groups is 1. The number of benzene rings is 2. The first-order chi connectivity index (χ1) is 11.9. The molecule has 1 amide bonds. The minimum atomic E-state index is -0.458. The van der Waals surface area contributed by atoms with Gasteiger partial charge in [-0.15, -0.1) is 0 Å². The summed E-state index contributed by atoms with van der Waals surface area (Å²) >= 11 is 0. The number of hydrogen-bond donors (Lipinski definition) is 2. The van der Waals surface area contributed by atoms with Crippen molar-refractivity contribution in [3.63, 3.8) is 0 Å². The van der Waals surface area contributed by atoms with Crippen LogP contribution < -0.4 is 11.1 Å². The molecule has 1 aliphatic rings. The van der Waals surface area contributed by atoms with Crippen LogP contribution in [0.15, 0.2) is 48.5 Å². The van der Waals surface area contributed by atoms with Crippen molar-refractivity contribution >= 4 is 17.3 Å². The van der Waals surface area contributed by atoms with Crippen LogP contribution in [0.5, 0.6) is 0 Å². The van der Waals surface area contributed by atoms with Gasteiger partial charge in [-0.05, 0) is 36.1 Å². The Morgan fingerprint density at radius 1 is 1.24 bits per heavy atom. The van der Waals surface area contributed by atoms with Gasteiger partial charge < -0.3 is 11.1 Å². The largest absolute Gasteiger partial charge is 0.326 e. The lowest BCUT2D eigenvalue weighted by molar-refractivity contribution is -0.384. The summed E-state index contributed by atoms with van der Waals surface area (Å²) in [4.78, 5) is 22.3. The molecule has 2 atom stereocenters. The van der Waals surface area contributed by atoms with Gasteiger partial charge in [-0.2, -0.15) is 0 Å². The molecule has 130 valence electrons. The lowest BCUT2D eigenvalue weighted by atomic mass is 10.0.